The molecule has 1 saturated carbocycles. The molecular weight excluding hydrogens is 432 g/mol. The molecule has 1 aromatic heterocycles. The molecule has 6 nitrogen and oxygen atoms in total. The maximum atomic E-state index is 12.9. The van der Waals surface area contributed by atoms with Gasteiger partial charge in [0.2, 0.25) is 5.91 Å². The van der Waals surface area contributed by atoms with E-state index in [2.05, 4.69) is 15.7 Å². The molecule has 3 aromatic rings. The molecule has 0 aliphatic heterocycles. The van der Waals surface area contributed by atoms with Gasteiger partial charge in [-0.3, -0.25) is 14.3 Å². The second-order valence-corrected chi connectivity index (χ2v) is 9.46. The van der Waals surface area contributed by atoms with Crippen LogP contribution in [0.3, 0.4) is 0 Å². The largest absolute Gasteiger partial charge is 0.355 e. The topological polar surface area (TPSA) is 76.0 Å². The summed E-state index contributed by atoms with van der Waals surface area (Å²) in [4.78, 5) is 26.1. The van der Waals surface area contributed by atoms with E-state index in [0.717, 1.165) is 22.7 Å². The Morgan fingerprint density at radius 1 is 1.00 bits per heavy atom. The molecule has 2 N–H and O–H groups in total. The molecule has 2 aromatic carbocycles. The lowest BCUT2D eigenvalue weighted by Gasteiger charge is -2.21. The first-order valence-corrected chi connectivity index (χ1v) is 12.5. The standard InChI is InChI=1S/C26H30N4O2S/c31-25(27-17-20-7-2-1-3-8-20)19-33-24-10-5-4-9-23(24)26(32)29-22-13-11-21(12-14-22)18-30-16-6-15-28-30/h4-6,9-16,20H,1-3,7-8,17-19H2,(H,27,31)(H,29,32). The summed E-state index contributed by atoms with van der Waals surface area (Å²) in [5, 5.41) is 10.2. The molecule has 1 aliphatic rings. The molecule has 0 spiro atoms. The summed E-state index contributed by atoms with van der Waals surface area (Å²) in [6, 6.07) is 17.1. The fourth-order valence-electron chi connectivity index (χ4n) is 4.10. The summed E-state index contributed by atoms with van der Waals surface area (Å²) in [7, 11) is 0. The van der Waals surface area contributed by atoms with Gasteiger partial charge in [0.25, 0.3) is 5.91 Å². The molecule has 4 rings (SSSR count). The number of rotatable bonds is 9. The second-order valence-electron chi connectivity index (χ2n) is 8.45. The van der Waals surface area contributed by atoms with Crippen molar-refractivity contribution in [3.63, 3.8) is 0 Å². The molecule has 7 heteroatoms. The third-order valence-corrected chi connectivity index (χ3v) is 6.99. The Hall–Kier alpha value is -3.06. The number of hydrogen-bond donors (Lipinski definition) is 2. The van der Waals surface area contributed by atoms with Gasteiger partial charge in [-0.25, -0.2) is 0 Å². The minimum Gasteiger partial charge on any atom is -0.355 e. The molecule has 0 unspecified atom stereocenters. The highest BCUT2D eigenvalue weighted by Gasteiger charge is 2.16. The zero-order valence-electron chi connectivity index (χ0n) is 18.7. The Bertz CT molecular complexity index is 1040. The first-order chi connectivity index (χ1) is 16.2. The number of carbonyl (C=O) groups is 2. The molecule has 172 valence electrons. The van der Waals surface area contributed by atoms with Crippen LogP contribution in [-0.4, -0.2) is 33.9 Å². The van der Waals surface area contributed by atoms with Gasteiger partial charge in [-0.05, 0) is 54.7 Å². The van der Waals surface area contributed by atoms with Crippen molar-refractivity contribution < 1.29 is 9.59 Å². The minimum atomic E-state index is -0.180. The number of anilines is 1. The summed E-state index contributed by atoms with van der Waals surface area (Å²) in [5.41, 5.74) is 2.41. The van der Waals surface area contributed by atoms with Crippen LogP contribution >= 0.6 is 11.8 Å². The monoisotopic (exact) mass is 462 g/mol. The van der Waals surface area contributed by atoms with Gasteiger partial charge >= 0.3 is 0 Å². The van der Waals surface area contributed by atoms with E-state index in [0.29, 0.717) is 23.8 Å². The first-order valence-electron chi connectivity index (χ1n) is 11.5. The lowest BCUT2D eigenvalue weighted by atomic mass is 9.89. The first kappa shape index (κ1) is 23.1. The Labute approximate surface area is 199 Å². The van der Waals surface area contributed by atoms with Crippen LogP contribution in [0.2, 0.25) is 0 Å². The van der Waals surface area contributed by atoms with Crippen LogP contribution in [-0.2, 0) is 11.3 Å². The average Bonchev–Trinajstić information content (AvgIpc) is 3.36. The zero-order valence-corrected chi connectivity index (χ0v) is 19.5. The van der Waals surface area contributed by atoms with Gasteiger partial charge in [0, 0.05) is 29.5 Å². The number of hydrogen-bond acceptors (Lipinski definition) is 4. The fourth-order valence-corrected chi connectivity index (χ4v) is 4.98. The molecule has 2 amide bonds. The number of benzene rings is 2. The highest BCUT2D eigenvalue weighted by atomic mass is 32.2. The summed E-state index contributed by atoms with van der Waals surface area (Å²) < 4.78 is 1.85. The van der Waals surface area contributed by atoms with Crippen molar-refractivity contribution >= 4 is 29.3 Å². The second kappa shape index (κ2) is 11.7. The molecule has 0 bridgehead atoms. The van der Waals surface area contributed by atoms with Crippen LogP contribution in [0.15, 0.2) is 71.9 Å². The van der Waals surface area contributed by atoms with Crippen LogP contribution in [0.4, 0.5) is 5.69 Å². The van der Waals surface area contributed by atoms with Gasteiger partial charge < -0.3 is 10.6 Å². The average molecular weight is 463 g/mol. The lowest BCUT2D eigenvalue weighted by Crippen LogP contribution is -2.31. The Balaban J connectivity index is 1.29. The SMILES string of the molecule is O=C(CSc1ccccc1C(=O)Nc1ccc(Cn2cccn2)cc1)NCC1CCCCC1. The van der Waals surface area contributed by atoms with Crippen molar-refractivity contribution in [2.24, 2.45) is 5.92 Å². The van der Waals surface area contributed by atoms with E-state index in [-0.39, 0.29) is 11.8 Å². The van der Waals surface area contributed by atoms with Crippen molar-refractivity contribution in [3.8, 4) is 0 Å². The molecular formula is C26H30N4O2S. The van der Waals surface area contributed by atoms with Gasteiger partial charge in [0.1, 0.15) is 0 Å². The minimum absolute atomic E-state index is 0.0218. The van der Waals surface area contributed by atoms with Crippen molar-refractivity contribution in [2.75, 3.05) is 17.6 Å². The van der Waals surface area contributed by atoms with E-state index < -0.39 is 0 Å². The number of carbonyl (C=O) groups excluding carboxylic acids is 2. The molecule has 0 atom stereocenters. The zero-order chi connectivity index (χ0) is 22.9. The van der Waals surface area contributed by atoms with Gasteiger partial charge in [-0.15, -0.1) is 11.8 Å². The Morgan fingerprint density at radius 3 is 2.55 bits per heavy atom. The van der Waals surface area contributed by atoms with E-state index in [1.807, 2.05) is 59.4 Å². The summed E-state index contributed by atoms with van der Waals surface area (Å²) in [6.45, 7) is 1.45. The molecule has 1 heterocycles. The molecule has 1 aliphatic carbocycles. The lowest BCUT2D eigenvalue weighted by molar-refractivity contribution is -0.118. The number of thioether (sulfide) groups is 1. The maximum Gasteiger partial charge on any atom is 0.256 e. The third kappa shape index (κ3) is 6.96. The number of amides is 2. The number of nitrogens with one attached hydrogen (secondary N) is 2. The van der Waals surface area contributed by atoms with Gasteiger partial charge in [0.15, 0.2) is 0 Å². The van der Waals surface area contributed by atoms with Crippen LogP contribution < -0.4 is 10.6 Å². The number of nitrogens with zero attached hydrogens (tertiary/aromatic N) is 2. The Kier molecular flexibility index (Phi) is 8.19. The molecule has 0 radical (unpaired) electrons. The van der Waals surface area contributed by atoms with Crippen LogP contribution in [0.25, 0.3) is 0 Å². The normalized spacial score (nSPS) is 14.1. The van der Waals surface area contributed by atoms with Crippen LogP contribution in [0, 0.1) is 5.92 Å². The van der Waals surface area contributed by atoms with E-state index in [9.17, 15) is 9.59 Å². The van der Waals surface area contributed by atoms with Gasteiger partial charge in [-0.2, -0.15) is 5.10 Å². The van der Waals surface area contributed by atoms with Crippen LogP contribution in [0.5, 0.6) is 0 Å². The molecule has 1 fully saturated rings. The Morgan fingerprint density at radius 2 is 1.79 bits per heavy atom. The maximum absolute atomic E-state index is 12.9. The van der Waals surface area contributed by atoms with E-state index in [1.165, 1.54) is 43.9 Å². The van der Waals surface area contributed by atoms with Crippen LogP contribution in [0.1, 0.15) is 48.0 Å². The molecule has 0 saturated heterocycles. The van der Waals surface area contributed by atoms with Crippen molar-refractivity contribution in [3.05, 3.63) is 78.1 Å². The quantitative estimate of drug-likeness (QED) is 0.440. The van der Waals surface area contributed by atoms with E-state index in [1.54, 1.807) is 12.3 Å². The van der Waals surface area contributed by atoms with E-state index in [4.69, 9.17) is 0 Å². The van der Waals surface area contributed by atoms with Gasteiger partial charge in [0.05, 0.1) is 17.9 Å². The van der Waals surface area contributed by atoms with Crippen molar-refractivity contribution in [1.82, 2.24) is 15.1 Å². The highest BCUT2D eigenvalue weighted by molar-refractivity contribution is 8.00. The summed E-state index contributed by atoms with van der Waals surface area (Å²) in [6.07, 6.45) is 9.94. The summed E-state index contributed by atoms with van der Waals surface area (Å²) in [5.74, 6) is 0.755. The third-order valence-electron chi connectivity index (χ3n) is 5.92. The highest BCUT2D eigenvalue weighted by Crippen LogP contribution is 2.25. The van der Waals surface area contributed by atoms with Crippen molar-refractivity contribution in [2.45, 2.75) is 43.5 Å². The van der Waals surface area contributed by atoms with E-state index >= 15 is 0 Å². The van der Waals surface area contributed by atoms with Gasteiger partial charge in [-0.1, -0.05) is 43.5 Å². The number of aromatic nitrogens is 2. The fraction of sp³-hybridized carbons (Fsp3) is 0.346. The molecule has 33 heavy (non-hydrogen) atoms. The predicted octanol–water partition coefficient (Wildman–Crippen LogP) is 4.97. The summed E-state index contributed by atoms with van der Waals surface area (Å²) >= 11 is 1.40. The van der Waals surface area contributed by atoms with Crippen molar-refractivity contribution in [1.29, 1.82) is 0 Å². The smallest absolute Gasteiger partial charge is 0.256 e. The predicted molar refractivity (Wildman–Crippen MR) is 132 cm³/mol.